The number of ether oxygens (including phenoxy) is 2. The average Bonchev–Trinajstić information content (AvgIpc) is 3.09. The molecule has 1 aromatic carbocycles. The minimum Gasteiger partial charge on any atom is -0.495 e. The normalized spacial score (nSPS) is 18.7. The van der Waals surface area contributed by atoms with Crippen molar-refractivity contribution in [3.8, 4) is 17.2 Å². The van der Waals surface area contributed by atoms with E-state index in [4.69, 9.17) is 25.6 Å². The van der Waals surface area contributed by atoms with E-state index in [2.05, 4.69) is 10.1 Å². The molecule has 100 valence electrons. The van der Waals surface area contributed by atoms with Gasteiger partial charge in [-0.1, -0.05) is 16.8 Å². The lowest BCUT2D eigenvalue weighted by molar-refractivity contribution is 0.192. The van der Waals surface area contributed by atoms with Crippen molar-refractivity contribution >= 4 is 11.6 Å². The van der Waals surface area contributed by atoms with E-state index in [1.165, 1.54) is 0 Å². The van der Waals surface area contributed by atoms with Crippen LogP contribution >= 0.6 is 11.6 Å². The summed E-state index contributed by atoms with van der Waals surface area (Å²) in [7, 11) is 1.58. The number of methoxy groups -OCH3 is 1. The first kappa shape index (κ1) is 12.4. The predicted molar refractivity (Wildman–Crippen MR) is 69.5 cm³/mol. The summed E-state index contributed by atoms with van der Waals surface area (Å²) in [5.41, 5.74) is 0.781. The predicted octanol–water partition coefficient (Wildman–Crippen LogP) is 2.90. The lowest BCUT2D eigenvalue weighted by Crippen LogP contribution is -1.99. The van der Waals surface area contributed by atoms with Crippen LogP contribution < -0.4 is 4.74 Å². The number of aromatic nitrogens is 2. The summed E-state index contributed by atoms with van der Waals surface area (Å²) in [6.07, 6.45) is 0.933. The van der Waals surface area contributed by atoms with Crippen LogP contribution in [0.3, 0.4) is 0 Å². The van der Waals surface area contributed by atoms with Crippen molar-refractivity contribution in [3.05, 3.63) is 29.0 Å². The second kappa shape index (κ2) is 5.19. The fourth-order valence-electron chi connectivity index (χ4n) is 2.06. The smallest absolute Gasteiger partial charge is 0.257 e. The molecule has 1 aliphatic rings. The zero-order valence-corrected chi connectivity index (χ0v) is 11.2. The first-order valence-corrected chi connectivity index (χ1v) is 6.41. The molecule has 1 aromatic heterocycles. The summed E-state index contributed by atoms with van der Waals surface area (Å²) in [4.78, 5) is 4.40. The van der Waals surface area contributed by atoms with E-state index in [1.807, 2.05) is 6.07 Å². The van der Waals surface area contributed by atoms with Crippen LogP contribution in [0, 0.1) is 0 Å². The van der Waals surface area contributed by atoms with Crippen molar-refractivity contribution in [1.82, 2.24) is 10.1 Å². The van der Waals surface area contributed by atoms with Crippen molar-refractivity contribution in [2.45, 2.75) is 12.3 Å². The molecule has 3 rings (SSSR count). The maximum atomic E-state index is 6.08. The highest BCUT2D eigenvalue weighted by molar-refractivity contribution is 6.32. The average molecular weight is 281 g/mol. The van der Waals surface area contributed by atoms with Crippen LogP contribution in [0.4, 0.5) is 0 Å². The summed E-state index contributed by atoms with van der Waals surface area (Å²) in [6, 6.07) is 5.37. The van der Waals surface area contributed by atoms with E-state index in [-0.39, 0.29) is 5.92 Å². The summed E-state index contributed by atoms with van der Waals surface area (Å²) >= 11 is 6.08. The van der Waals surface area contributed by atoms with Crippen molar-refractivity contribution in [1.29, 1.82) is 0 Å². The molecule has 1 aliphatic heterocycles. The van der Waals surface area contributed by atoms with Crippen molar-refractivity contribution in [3.63, 3.8) is 0 Å². The summed E-state index contributed by atoms with van der Waals surface area (Å²) in [6.45, 7) is 1.41. The molecule has 6 heteroatoms. The van der Waals surface area contributed by atoms with Gasteiger partial charge in [0.2, 0.25) is 0 Å². The molecular weight excluding hydrogens is 268 g/mol. The largest absolute Gasteiger partial charge is 0.495 e. The van der Waals surface area contributed by atoms with Crippen LogP contribution in [-0.4, -0.2) is 30.5 Å². The van der Waals surface area contributed by atoms with Gasteiger partial charge < -0.3 is 14.0 Å². The molecule has 2 aromatic rings. The molecule has 1 fully saturated rings. The van der Waals surface area contributed by atoms with Crippen LogP contribution in [0.15, 0.2) is 22.7 Å². The van der Waals surface area contributed by atoms with Gasteiger partial charge in [-0.05, 0) is 24.6 Å². The van der Waals surface area contributed by atoms with Crippen molar-refractivity contribution in [2.24, 2.45) is 0 Å². The molecule has 0 saturated carbocycles. The molecule has 1 atom stereocenters. The summed E-state index contributed by atoms with van der Waals surface area (Å²) in [5, 5.41) is 4.52. The Bertz CT molecular complexity index is 579. The molecule has 0 bridgehead atoms. The fourth-order valence-corrected chi connectivity index (χ4v) is 2.31. The Morgan fingerprint density at radius 3 is 3.00 bits per heavy atom. The Morgan fingerprint density at radius 2 is 2.32 bits per heavy atom. The molecule has 0 N–H and O–H groups in total. The van der Waals surface area contributed by atoms with E-state index in [0.29, 0.717) is 29.1 Å². The van der Waals surface area contributed by atoms with Crippen LogP contribution in [-0.2, 0) is 4.74 Å². The van der Waals surface area contributed by atoms with E-state index >= 15 is 0 Å². The third-order valence-corrected chi connectivity index (χ3v) is 3.43. The maximum absolute atomic E-state index is 6.08. The first-order chi connectivity index (χ1) is 9.28. The lowest BCUT2D eigenvalue weighted by Gasteiger charge is -2.03. The van der Waals surface area contributed by atoms with E-state index in [1.54, 1.807) is 19.2 Å². The number of benzene rings is 1. The van der Waals surface area contributed by atoms with Crippen LogP contribution in [0.1, 0.15) is 18.2 Å². The summed E-state index contributed by atoms with van der Waals surface area (Å²) in [5.74, 6) is 2.01. The van der Waals surface area contributed by atoms with Crippen LogP contribution in [0.2, 0.25) is 5.02 Å². The van der Waals surface area contributed by atoms with Crippen molar-refractivity contribution in [2.75, 3.05) is 20.3 Å². The van der Waals surface area contributed by atoms with Gasteiger partial charge >= 0.3 is 0 Å². The van der Waals surface area contributed by atoms with Crippen molar-refractivity contribution < 1.29 is 14.0 Å². The summed E-state index contributed by atoms with van der Waals surface area (Å²) < 4.78 is 15.7. The third kappa shape index (κ3) is 2.43. The molecule has 0 amide bonds. The SMILES string of the molecule is COc1ccc(-c2nc([C@H]3CCOC3)no2)cc1Cl. The Hall–Kier alpha value is -1.59. The molecule has 2 heterocycles. The number of halogens is 1. The second-order valence-corrected chi connectivity index (χ2v) is 4.77. The number of nitrogens with zero attached hydrogens (tertiary/aromatic N) is 2. The zero-order valence-electron chi connectivity index (χ0n) is 10.4. The molecule has 1 saturated heterocycles. The standard InChI is InChI=1S/C13H13ClN2O3/c1-17-11-3-2-8(6-10(11)14)13-15-12(16-19-13)9-4-5-18-7-9/h2-3,6,9H,4-5,7H2,1H3/t9-/m0/s1. The molecule has 0 aliphatic carbocycles. The fraction of sp³-hybridized carbons (Fsp3) is 0.385. The number of rotatable bonds is 3. The Labute approximate surface area is 115 Å². The monoisotopic (exact) mass is 280 g/mol. The third-order valence-electron chi connectivity index (χ3n) is 3.14. The lowest BCUT2D eigenvalue weighted by atomic mass is 10.1. The highest BCUT2D eigenvalue weighted by atomic mass is 35.5. The van der Waals surface area contributed by atoms with Gasteiger partial charge in [-0.2, -0.15) is 4.98 Å². The van der Waals surface area contributed by atoms with E-state index in [0.717, 1.165) is 18.6 Å². The van der Waals surface area contributed by atoms with Gasteiger partial charge in [0.15, 0.2) is 5.82 Å². The van der Waals surface area contributed by atoms with Crippen LogP contribution in [0.25, 0.3) is 11.5 Å². The highest BCUT2D eigenvalue weighted by Crippen LogP contribution is 2.30. The van der Waals surface area contributed by atoms with Gasteiger partial charge in [-0.3, -0.25) is 0 Å². The quantitative estimate of drug-likeness (QED) is 0.865. The van der Waals surface area contributed by atoms with Crippen LogP contribution in [0.5, 0.6) is 5.75 Å². The van der Waals surface area contributed by atoms with Gasteiger partial charge in [0.1, 0.15) is 5.75 Å². The zero-order chi connectivity index (χ0) is 13.2. The minimum atomic E-state index is 0.228. The van der Waals surface area contributed by atoms with E-state index < -0.39 is 0 Å². The molecule has 0 unspecified atom stereocenters. The minimum absolute atomic E-state index is 0.228. The maximum Gasteiger partial charge on any atom is 0.257 e. The van der Waals surface area contributed by atoms with Gasteiger partial charge in [-0.25, -0.2) is 0 Å². The van der Waals surface area contributed by atoms with Gasteiger partial charge in [-0.15, -0.1) is 0 Å². The van der Waals surface area contributed by atoms with Gasteiger partial charge in [0.25, 0.3) is 5.89 Å². The topological polar surface area (TPSA) is 57.4 Å². The molecule has 19 heavy (non-hydrogen) atoms. The molecule has 5 nitrogen and oxygen atoms in total. The first-order valence-electron chi connectivity index (χ1n) is 6.03. The molecular formula is C13H13ClN2O3. The Morgan fingerprint density at radius 1 is 1.42 bits per heavy atom. The number of hydrogen-bond acceptors (Lipinski definition) is 5. The number of hydrogen-bond donors (Lipinski definition) is 0. The van der Waals surface area contributed by atoms with Gasteiger partial charge in [0.05, 0.1) is 18.7 Å². The highest BCUT2D eigenvalue weighted by Gasteiger charge is 2.23. The van der Waals surface area contributed by atoms with Gasteiger partial charge in [0, 0.05) is 18.1 Å². The second-order valence-electron chi connectivity index (χ2n) is 4.37. The Balaban J connectivity index is 1.87. The molecule has 0 spiro atoms. The Kier molecular flexibility index (Phi) is 3.40. The molecule has 0 radical (unpaired) electrons. The van der Waals surface area contributed by atoms with E-state index in [9.17, 15) is 0 Å².